The van der Waals surface area contributed by atoms with Crippen LogP contribution in [0.2, 0.25) is 0 Å². The van der Waals surface area contributed by atoms with E-state index in [4.69, 9.17) is 0 Å². The Morgan fingerprint density at radius 3 is 2.20 bits per heavy atom. The number of amides is 1. The number of halogens is 3. The maximum Gasteiger partial charge on any atom is 0.436 e. The van der Waals surface area contributed by atoms with Crippen LogP contribution in [-0.2, 0) is 11.0 Å². The molecule has 3 rings (SSSR count). The molecule has 0 unspecified atom stereocenters. The van der Waals surface area contributed by atoms with Gasteiger partial charge in [0.05, 0.1) is 16.8 Å². The molecule has 8 heteroatoms. The molecule has 2 aromatic carbocycles. The number of benzene rings is 2. The van der Waals surface area contributed by atoms with Crippen molar-refractivity contribution in [2.75, 3.05) is 11.1 Å². The standard InChI is InChI=1S/C17H12F3N3OS/c18-17(19,20)15-16(23-13-9-5-4-8-12(13)22-15)25-10-14(24)21-11-6-2-1-3-7-11/h1-9H,10H2,(H,21,24). The second-order valence-corrected chi connectivity index (χ2v) is 6.03. The Morgan fingerprint density at radius 1 is 0.960 bits per heavy atom. The fraction of sp³-hybridized carbons (Fsp3) is 0.118. The molecule has 25 heavy (non-hydrogen) atoms. The van der Waals surface area contributed by atoms with Crippen molar-refractivity contribution >= 4 is 34.4 Å². The summed E-state index contributed by atoms with van der Waals surface area (Å²) >= 11 is 0.710. The SMILES string of the molecule is O=C(CSc1nc2ccccc2nc1C(F)(F)F)Nc1ccccc1. The topological polar surface area (TPSA) is 54.9 Å². The molecule has 0 aliphatic carbocycles. The quantitative estimate of drug-likeness (QED) is 0.699. The Labute approximate surface area is 145 Å². The molecule has 0 aliphatic rings. The summed E-state index contributed by atoms with van der Waals surface area (Å²) in [6.45, 7) is 0. The van der Waals surface area contributed by atoms with Crippen molar-refractivity contribution in [2.45, 2.75) is 11.2 Å². The Hall–Kier alpha value is -2.61. The van der Waals surface area contributed by atoms with Gasteiger partial charge in [0, 0.05) is 5.69 Å². The first-order chi connectivity index (χ1) is 11.9. The number of rotatable bonds is 4. The highest BCUT2D eigenvalue weighted by atomic mass is 32.2. The first-order valence-corrected chi connectivity index (χ1v) is 8.24. The van der Waals surface area contributed by atoms with Crippen molar-refractivity contribution in [1.82, 2.24) is 9.97 Å². The first-order valence-electron chi connectivity index (χ1n) is 7.25. The summed E-state index contributed by atoms with van der Waals surface area (Å²) in [6.07, 6.45) is -4.64. The van der Waals surface area contributed by atoms with Gasteiger partial charge in [-0.25, -0.2) is 9.97 Å². The number of anilines is 1. The normalized spacial score (nSPS) is 11.5. The predicted molar refractivity (Wildman–Crippen MR) is 90.3 cm³/mol. The van der Waals surface area contributed by atoms with Gasteiger partial charge in [-0.1, -0.05) is 42.1 Å². The minimum absolute atomic E-state index is 0.160. The zero-order valence-electron chi connectivity index (χ0n) is 12.7. The van der Waals surface area contributed by atoms with E-state index < -0.39 is 17.8 Å². The lowest BCUT2D eigenvalue weighted by atomic mass is 10.3. The van der Waals surface area contributed by atoms with Crippen molar-refractivity contribution in [2.24, 2.45) is 0 Å². The van der Waals surface area contributed by atoms with Gasteiger partial charge in [0.1, 0.15) is 5.03 Å². The zero-order valence-corrected chi connectivity index (χ0v) is 13.6. The molecule has 3 aromatic rings. The lowest BCUT2D eigenvalue weighted by Crippen LogP contribution is -2.16. The van der Waals surface area contributed by atoms with Gasteiger partial charge in [-0.2, -0.15) is 13.2 Å². The summed E-state index contributed by atoms with van der Waals surface area (Å²) in [5.41, 5.74) is 0.00633. The van der Waals surface area contributed by atoms with Crippen molar-refractivity contribution in [3.05, 3.63) is 60.3 Å². The summed E-state index contributed by atoms with van der Waals surface area (Å²) in [6, 6.07) is 15.0. The van der Waals surface area contributed by atoms with Crippen molar-refractivity contribution in [1.29, 1.82) is 0 Å². The van der Waals surface area contributed by atoms with E-state index in [1.807, 2.05) is 0 Å². The van der Waals surface area contributed by atoms with Crippen molar-refractivity contribution in [3.8, 4) is 0 Å². The summed E-state index contributed by atoms with van der Waals surface area (Å²) < 4.78 is 39.7. The second kappa shape index (κ2) is 7.10. The van der Waals surface area contributed by atoms with Gasteiger partial charge < -0.3 is 5.32 Å². The molecule has 0 saturated heterocycles. The van der Waals surface area contributed by atoms with Crippen LogP contribution in [0.25, 0.3) is 11.0 Å². The minimum Gasteiger partial charge on any atom is -0.325 e. The molecule has 0 aliphatic heterocycles. The van der Waals surface area contributed by atoms with E-state index in [1.165, 1.54) is 6.07 Å². The number of hydrogen-bond donors (Lipinski definition) is 1. The Balaban J connectivity index is 1.81. The number of fused-ring (bicyclic) bond motifs is 1. The molecule has 0 radical (unpaired) electrons. The molecule has 1 heterocycles. The Morgan fingerprint density at radius 2 is 1.56 bits per heavy atom. The van der Waals surface area contributed by atoms with E-state index in [1.54, 1.807) is 48.5 Å². The molecular weight excluding hydrogens is 351 g/mol. The largest absolute Gasteiger partial charge is 0.436 e. The van der Waals surface area contributed by atoms with Crippen LogP contribution in [0.1, 0.15) is 5.69 Å². The van der Waals surface area contributed by atoms with Gasteiger partial charge >= 0.3 is 6.18 Å². The van der Waals surface area contributed by atoms with Crippen LogP contribution in [0.5, 0.6) is 0 Å². The van der Waals surface area contributed by atoms with Gasteiger partial charge in [0.15, 0.2) is 5.69 Å². The first kappa shape index (κ1) is 17.2. The number of alkyl halides is 3. The molecule has 1 N–H and O–H groups in total. The number of hydrogen-bond acceptors (Lipinski definition) is 4. The monoisotopic (exact) mass is 363 g/mol. The van der Waals surface area contributed by atoms with E-state index in [9.17, 15) is 18.0 Å². The van der Waals surface area contributed by atoms with Crippen molar-refractivity contribution in [3.63, 3.8) is 0 Å². The van der Waals surface area contributed by atoms with Crippen LogP contribution in [-0.4, -0.2) is 21.6 Å². The number of nitrogens with one attached hydrogen (secondary N) is 1. The van der Waals surface area contributed by atoms with Crippen LogP contribution < -0.4 is 5.32 Å². The van der Waals surface area contributed by atoms with Gasteiger partial charge in [-0.3, -0.25) is 4.79 Å². The number of nitrogens with zero attached hydrogens (tertiary/aromatic N) is 2. The summed E-state index contributed by atoms with van der Waals surface area (Å²) in [7, 11) is 0. The third-order valence-electron chi connectivity index (χ3n) is 3.20. The zero-order chi connectivity index (χ0) is 17.9. The van der Waals surface area contributed by atoms with Gasteiger partial charge in [0.2, 0.25) is 5.91 Å². The highest BCUT2D eigenvalue weighted by molar-refractivity contribution is 8.00. The molecule has 128 valence electrons. The lowest BCUT2D eigenvalue weighted by molar-refractivity contribution is -0.143. The van der Waals surface area contributed by atoms with E-state index in [-0.39, 0.29) is 16.3 Å². The molecule has 0 spiro atoms. The molecule has 1 amide bonds. The average molecular weight is 363 g/mol. The fourth-order valence-corrected chi connectivity index (χ4v) is 2.92. The average Bonchev–Trinajstić information content (AvgIpc) is 2.59. The van der Waals surface area contributed by atoms with Gasteiger partial charge in [0.25, 0.3) is 0 Å². The fourth-order valence-electron chi connectivity index (χ4n) is 2.12. The molecule has 0 atom stereocenters. The van der Waals surface area contributed by atoms with Crippen molar-refractivity contribution < 1.29 is 18.0 Å². The molecule has 1 aromatic heterocycles. The third-order valence-corrected chi connectivity index (χ3v) is 4.17. The predicted octanol–water partition coefficient (Wildman–Crippen LogP) is 4.38. The van der Waals surface area contributed by atoms with Crippen LogP contribution in [0.3, 0.4) is 0 Å². The van der Waals surface area contributed by atoms with Gasteiger partial charge in [-0.05, 0) is 24.3 Å². The lowest BCUT2D eigenvalue weighted by Gasteiger charge is -2.12. The third kappa shape index (κ3) is 4.27. The Kier molecular flexibility index (Phi) is 4.89. The van der Waals surface area contributed by atoms with Crippen LogP contribution >= 0.6 is 11.8 Å². The second-order valence-electron chi connectivity index (χ2n) is 5.07. The number of thioether (sulfide) groups is 1. The molecule has 0 bridgehead atoms. The van der Waals surface area contributed by atoms with E-state index >= 15 is 0 Å². The van der Waals surface area contributed by atoms with Crippen LogP contribution in [0.4, 0.5) is 18.9 Å². The summed E-state index contributed by atoms with van der Waals surface area (Å²) in [4.78, 5) is 19.6. The van der Waals surface area contributed by atoms with E-state index in [2.05, 4.69) is 15.3 Å². The maximum absolute atomic E-state index is 13.2. The molecule has 0 saturated carbocycles. The summed E-state index contributed by atoms with van der Waals surface area (Å²) in [5, 5.41) is 2.31. The highest BCUT2D eigenvalue weighted by Gasteiger charge is 2.37. The molecular formula is C17H12F3N3OS. The maximum atomic E-state index is 13.2. The number of para-hydroxylation sites is 3. The van der Waals surface area contributed by atoms with Gasteiger partial charge in [-0.15, -0.1) is 0 Å². The van der Waals surface area contributed by atoms with E-state index in [0.29, 0.717) is 23.0 Å². The van der Waals surface area contributed by atoms with Crippen LogP contribution in [0.15, 0.2) is 59.6 Å². The number of carbonyl (C=O) groups is 1. The van der Waals surface area contributed by atoms with Crippen LogP contribution in [0, 0.1) is 0 Å². The smallest absolute Gasteiger partial charge is 0.325 e. The molecule has 0 fully saturated rings. The molecule has 4 nitrogen and oxygen atoms in total. The number of carbonyl (C=O) groups excluding carboxylic acids is 1. The Bertz CT molecular complexity index is 901. The minimum atomic E-state index is -4.64. The highest BCUT2D eigenvalue weighted by Crippen LogP contribution is 2.35. The summed E-state index contributed by atoms with van der Waals surface area (Å²) in [5.74, 6) is -0.621. The van der Waals surface area contributed by atoms with E-state index in [0.717, 1.165) is 0 Å². The number of aromatic nitrogens is 2.